The van der Waals surface area contributed by atoms with Gasteiger partial charge in [-0.25, -0.2) is 9.97 Å². The molecule has 0 amide bonds. The number of hydrogen-bond donors (Lipinski definition) is 3. The van der Waals surface area contributed by atoms with Gasteiger partial charge in [-0.3, -0.25) is 15.0 Å². The largest absolute Gasteiger partial charge is 0.378 e. The number of benzene rings is 1. The van der Waals surface area contributed by atoms with Gasteiger partial charge in [-0.2, -0.15) is 0 Å². The van der Waals surface area contributed by atoms with Crippen LogP contribution >= 0.6 is 11.8 Å². The maximum Gasteiger partial charge on any atom is 0.160 e. The van der Waals surface area contributed by atoms with Crippen molar-refractivity contribution in [2.75, 3.05) is 7.05 Å². The molecule has 4 rings (SSSR count). The molecule has 0 unspecified atom stereocenters. The van der Waals surface area contributed by atoms with Gasteiger partial charge in [-0.15, -0.1) is 0 Å². The third-order valence-electron chi connectivity index (χ3n) is 4.45. The molecule has 0 aliphatic carbocycles. The highest BCUT2D eigenvalue weighted by molar-refractivity contribution is 8.26. The van der Waals surface area contributed by atoms with Gasteiger partial charge in [0, 0.05) is 47.7 Å². The highest BCUT2D eigenvalue weighted by Gasteiger charge is 2.12. The highest BCUT2D eigenvalue weighted by Crippen LogP contribution is 2.29. The number of aromatic nitrogens is 4. The molecular formula is C20H19N7S. The monoisotopic (exact) mass is 389 g/mol. The van der Waals surface area contributed by atoms with Crippen molar-refractivity contribution >= 4 is 32.9 Å². The number of fused-ring (bicyclic) bond motifs is 1. The number of amidine groups is 1. The Morgan fingerprint density at radius 2 is 2.14 bits per heavy atom. The first-order valence-electron chi connectivity index (χ1n) is 8.64. The van der Waals surface area contributed by atoms with Crippen LogP contribution in [-0.2, 0) is 0 Å². The van der Waals surface area contributed by atoms with Crippen LogP contribution in [0.1, 0.15) is 11.4 Å². The van der Waals surface area contributed by atoms with Crippen molar-refractivity contribution in [1.29, 1.82) is 5.41 Å². The lowest BCUT2D eigenvalue weighted by atomic mass is 10.1. The zero-order valence-electron chi connectivity index (χ0n) is 15.5. The summed E-state index contributed by atoms with van der Waals surface area (Å²) in [4.78, 5) is 16.3. The lowest BCUT2D eigenvalue weighted by Gasteiger charge is -2.07. The van der Waals surface area contributed by atoms with Gasteiger partial charge in [-0.05, 0) is 43.0 Å². The predicted octanol–water partition coefficient (Wildman–Crippen LogP) is 3.73. The second-order valence-electron chi connectivity index (χ2n) is 6.18. The first-order chi connectivity index (χ1) is 13.6. The van der Waals surface area contributed by atoms with Gasteiger partial charge in [0.15, 0.2) is 5.17 Å². The van der Waals surface area contributed by atoms with E-state index < -0.39 is 0 Å². The van der Waals surface area contributed by atoms with E-state index in [1.807, 2.05) is 60.3 Å². The molecule has 3 aromatic heterocycles. The van der Waals surface area contributed by atoms with Crippen molar-refractivity contribution in [2.24, 2.45) is 10.7 Å². The number of aryl methyl sites for hydroxylation is 1. The Bertz CT molecular complexity index is 1200. The number of nitrogens with one attached hydrogen (secondary N) is 2. The Labute approximate surface area is 166 Å². The molecule has 0 bridgehead atoms. The fourth-order valence-corrected chi connectivity index (χ4v) is 3.56. The highest BCUT2D eigenvalue weighted by atomic mass is 32.2. The van der Waals surface area contributed by atoms with Crippen LogP contribution in [0.25, 0.3) is 28.0 Å². The van der Waals surface area contributed by atoms with Crippen molar-refractivity contribution < 1.29 is 0 Å². The molecule has 4 aromatic rings. The molecule has 0 spiro atoms. The van der Waals surface area contributed by atoms with Crippen molar-refractivity contribution in [3.63, 3.8) is 0 Å². The lowest BCUT2D eigenvalue weighted by Crippen LogP contribution is -2.10. The minimum atomic E-state index is 0.355. The van der Waals surface area contributed by atoms with E-state index in [4.69, 9.17) is 16.1 Å². The molecule has 7 nitrogen and oxygen atoms in total. The van der Waals surface area contributed by atoms with Gasteiger partial charge >= 0.3 is 0 Å². The zero-order chi connectivity index (χ0) is 19.7. The van der Waals surface area contributed by atoms with Crippen LogP contribution in [0.4, 0.5) is 0 Å². The summed E-state index contributed by atoms with van der Waals surface area (Å²) in [6.45, 7) is 1.95. The number of rotatable bonds is 3. The molecular weight excluding hydrogens is 370 g/mol. The van der Waals surface area contributed by atoms with Crippen LogP contribution in [0, 0.1) is 12.3 Å². The second-order valence-corrected chi connectivity index (χ2v) is 7.21. The van der Waals surface area contributed by atoms with Crippen LogP contribution in [0.15, 0.2) is 60.0 Å². The third kappa shape index (κ3) is 3.29. The van der Waals surface area contributed by atoms with Crippen LogP contribution in [0.5, 0.6) is 0 Å². The number of imidazole rings is 1. The standard InChI is InChI=1S/C20H19N7S/c1-12-24-8-9-27(12)18-5-3-4-17(26-18)15-11-25-16-7-6-13(10-14(15)16)19(21)28-20(22)23-2/h3-11,21,25H,1-2H3,(H2,22,23). The molecule has 0 atom stereocenters. The molecule has 0 aliphatic rings. The Balaban J connectivity index is 1.76. The third-order valence-corrected chi connectivity index (χ3v) is 5.29. The molecule has 3 heterocycles. The summed E-state index contributed by atoms with van der Waals surface area (Å²) in [6, 6.07) is 11.8. The molecule has 1 aromatic carbocycles. The minimum Gasteiger partial charge on any atom is -0.378 e. The summed E-state index contributed by atoms with van der Waals surface area (Å²) in [5.41, 5.74) is 9.35. The quantitative estimate of drug-likeness (QED) is 0.366. The van der Waals surface area contributed by atoms with E-state index in [1.165, 1.54) is 0 Å². The van der Waals surface area contributed by atoms with E-state index in [0.29, 0.717) is 10.2 Å². The topological polar surface area (TPSA) is 109 Å². The van der Waals surface area contributed by atoms with Crippen LogP contribution in [0.3, 0.4) is 0 Å². The average molecular weight is 389 g/mol. The molecule has 140 valence electrons. The van der Waals surface area contributed by atoms with E-state index in [0.717, 1.165) is 51.1 Å². The molecule has 0 fully saturated rings. The Kier molecular flexibility index (Phi) is 4.70. The number of pyridine rings is 1. The normalized spacial score (nSPS) is 11.9. The second kappa shape index (κ2) is 7.32. The molecule has 0 aliphatic heterocycles. The number of nitrogens with zero attached hydrogens (tertiary/aromatic N) is 4. The fourth-order valence-electron chi connectivity index (χ4n) is 3.01. The Hall–Kier alpha value is -3.39. The molecule has 0 saturated heterocycles. The summed E-state index contributed by atoms with van der Waals surface area (Å²) in [6.07, 6.45) is 5.60. The maximum absolute atomic E-state index is 8.29. The number of nitrogens with two attached hydrogens (primary N) is 1. The number of H-pyrrole nitrogens is 1. The molecule has 0 radical (unpaired) electrons. The number of aromatic amines is 1. The molecule has 4 N–H and O–H groups in total. The lowest BCUT2D eigenvalue weighted by molar-refractivity contribution is 0.935. The summed E-state index contributed by atoms with van der Waals surface area (Å²) in [7, 11) is 1.61. The van der Waals surface area contributed by atoms with E-state index in [-0.39, 0.29) is 0 Å². The van der Waals surface area contributed by atoms with E-state index in [2.05, 4.69) is 15.0 Å². The first kappa shape index (κ1) is 18.0. The van der Waals surface area contributed by atoms with Crippen molar-refractivity contribution in [1.82, 2.24) is 19.5 Å². The van der Waals surface area contributed by atoms with Gasteiger partial charge in [0.25, 0.3) is 0 Å². The summed E-state index contributed by atoms with van der Waals surface area (Å²) >= 11 is 1.14. The first-order valence-corrected chi connectivity index (χ1v) is 9.46. The number of aliphatic imine (C=N–C) groups is 1. The summed E-state index contributed by atoms with van der Waals surface area (Å²) in [5, 5.41) is 10.0. The Morgan fingerprint density at radius 3 is 2.89 bits per heavy atom. The van der Waals surface area contributed by atoms with Gasteiger partial charge < -0.3 is 10.7 Å². The predicted molar refractivity (Wildman–Crippen MR) is 115 cm³/mol. The van der Waals surface area contributed by atoms with Gasteiger partial charge in [0.2, 0.25) is 0 Å². The number of hydrogen-bond acceptors (Lipinski definition) is 5. The molecule has 0 saturated carbocycles. The maximum atomic E-state index is 8.29. The van der Waals surface area contributed by atoms with Gasteiger partial charge in [-0.1, -0.05) is 12.1 Å². The minimum absolute atomic E-state index is 0.355. The van der Waals surface area contributed by atoms with Crippen molar-refractivity contribution in [3.8, 4) is 17.1 Å². The van der Waals surface area contributed by atoms with Crippen molar-refractivity contribution in [2.45, 2.75) is 6.92 Å². The van der Waals surface area contributed by atoms with E-state index in [9.17, 15) is 0 Å². The van der Waals surface area contributed by atoms with Crippen LogP contribution in [0.2, 0.25) is 0 Å². The Morgan fingerprint density at radius 1 is 1.29 bits per heavy atom. The summed E-state index contributed by atoms with van der Waals surface area (Å²) < 4.78 is 1.95. The van der Waals surface area contributed by atoms with E-state index in [1.54, 1.807) is 13.2 Å². The van der Waals surface area contributed by atoms with Gasteiger partial charge in [0.1, 0.15) is 16.7 Å². The zero-order valence-corrected chi connectivity index (χ0v) is 16.3. The fraction of sp³-hybridized carbons (Fsp3) is 0.100. The summed E-state index contributed by atoms with van der Waals surface area (Å²) in [5.74, 6) is 1.69. The SMILES string of the molecule is CN=C(N)SC(=N)c1ccc2[nH]cc(-c3cccc(-n4ccnc4C)n3)c2c1. The smallest absolute Gasteiger partial charge is 0.160 e. The average Bonchev–Trinajstić information content (AvgIpc) is 3.33. The van der Waals surface area contributed by atoms with E-state index >= 15 is 0 Å². The van der Waals surface area contributed by atoms with Crippen LogP contribution < -0.4 is 5.73 Å². The van der Waals surface area contributed by atoms with Crippen LogP contribution in [-0.4, -0.2) is 36.8 Å². The van der Waals surface area contributed by atoms with Crippen molar-refractivity contribution in [3.05, 3.63) is 66.4 Å². The molecule has 28 heavy (non-hydrogen) atoms. The molecule has 8 heteroatoms. The van der Waals surface area contributed by atoms with Gasteiger partial charge in [0.05, 0.1) is 5.69 Å². The number of thioether (sulfide) groups is 1.